The maximum Gasteiger partial charge on any atom is 0.284 e. The van der Waals surface area contributed by atoms with Crippen LogP contribution in [-0.4, -0.2) is 9.78 Å². The van der Waals surface area contributed by atoms with Gasteiger partial charge in [0.1, 0.15) is 11.0 Å². The molecule has 6 heteroatoms. The second kappa shape index (κ2) is 6.25. The van der Waals surface area contributed by atoms with Crippen LogP contribution in [0.15, 0.2) is 21.5 Å². The van der Waals surface area contributed by atoms with Gasteiger partial charge in [-0.2, -0.15) is 5.10 Å². The number of anilines is 1. The maximum atomic E-state index is 12.0. The van der Waals surface area contributed by atoms with Crippen molar-refractivity contribution in [3.8, 4) is 12.3 Å². The Morgan fingerprint density at radius 2 is 2.30 bits per heavy atom. The number of halogens is 1. The molecule has 20 heavy (non-hydrogen) atoms. The summed E-state index contributed by atoms with van der Waals surface area (Å²) >= 11 is 5.04. The number of terminal acetylenes is 1. The van der Waals surface area contributed by atoms with Crippen LogP contribution in [0.3, 0.4) is 0 Å². The van der Waals surface area contributed by atoms with Gasteiger partial charge in [-0.1, -0.05) is 5.92 Å². The molecule has 1 N–H and O–H groups in total. The number of hydrogen-bond acceptors (Lipinski definition) is 4. The largest absolute Gasteiger partial charge is 0.378 e. The van der Waals surface area contributed by atoms with Gasteiger partial charge in [0, 0.05) is 16.3 Å². The summed E-state index contributed by atoms with van der Waals surface area (Å²) in [6.45, 7) is 5.02. The number of aromatic nitrogens is 2. The van der Waals surface area contributed by atoms with Gasteiger partial charge in [-0.3, -0.25) is 4.79 Å². The fourth-order valence-electron chi connectivity index (χ4n) is 1.71. The Bertz CT molecular complexity index is 707. The molecule has 4 nitrogen and oxygen atoms in total. The molecule has 2 aromatic heterocycles. The standard InChI is InChI=1S/C14H14BrN3OS/c1-4-5-18-14(19)13(15)12(8-17-18)16-7-11-6-9(2)10(3)20-11/h1,6,8,16H,5,7H2,2-3H3. The summed E-state index contributed by atoms with van der Waals surface area (Å²) in [7, 11) is 0. The fraction of sp³-hybridized carbons (Fsp3) is 0.286. The molecule has 0 unspecified atom stereocenters. The number of hydrogen-bond donors (Lipinski definition) is 1. The summed E-state index contributed by atoms with van der Waals surface area (Å²) in [5.74, 6) is 2.40. The Kier molecular flexibility index (Phi) is 4.63. The zero-order valence-corrected chi connectivity index (χ0v) is 13.6. The summed E-state index contributed by atoms with van der Waals surface area (Å²) in [6.07, 6.45) is 6.80. The van der Waals surface area contributed by atoms with Crippen molar-refractivity contribution in [2.24, 2.45) is 0 Å². The molecule has 0 aliphatic heterocycles. The van der Waals surface area contributed by atoms with E-state index in [1.807, 2.05) is 0 Å². The first-order valence-electron chi connectivity index (χ1n) is 6.01. The van der Waals surface area contributed by atoms with E-state index in [2.05, 4.69) is 52.2 Å². The lowest BCUT2D eigenvalue weighted by atomic mass is 10.3. The van der Waals surface area contributed by atoms with E-state index in [1.165, 1.54) is 20.0 Å². The molecule has 0 radical (unpaired) electrons. The normalized spacial score (nSPS) is 10.3. The van der Waals surface area contributed by atoms with Gasteiger partial charge in [-0.25, -0.2) is 4.68 Å². The smallest absolute Gasteiger partial charge is 0.284 e. The van der Waals surface area contributed by atoms with E-state index in [0.29, 0.717) is 16.7 Å². The van der Waals surface area contributed by atoms with Gasteiger partial charge in [0.15, 0.2) is 0 Å². The van der Waals surface area contributed by atoms with Crippen LogP contribution in [0.2, 0.25) is 0 Å². The van der Waals surface area contributed by atoms with Crippen LogP contribution in [0.4, 0.5) is 5.69 Å². The quantitative estimate of drug-likeness (QED) is 0.861. The molecule has 0 spiro atoms. The summed E-state index contributed by atoms with van der Waals surface area (Å²) < 4.78 is 1.70. The Balaban J connectivity index is 2.16. The Morgan fingerprint density at radius 3 is 2.90 bits per heavy atom. The summed E-state index contributed by atoms with van der Waals surface area (Å²) in [5, 5.41) is 7.25. The predicted octanol–water partition coefficient (Wildman–Crippen LogP) is 2.93. The third kappa shape index (κ3) is 3.11. The lowest BCUT2D eigenvalue weighted by Gasteiger charge is -2.08. The van der Waals surface area contributed by atoms with Crippen molar-refractivity contribution in [2.45, 2.75) is 26.9 Å². The molecule has 2 heterocycles. The van der Waals surface area contributed by atoms with E-state index in [0.717, 1.165) is 0 Å². The SMILES string of the molecule is C#CCn1ncc(NCc2cc(C)c(C)s2)c(Br)c1=O. The zero-order chi connectivity index (χ0) is 14.7. The number of rotatable bonds is 4. The Hall–Kier alpha value is -1.58. The van der Waals surface area contributed by atoms with Crippen molar-refractivity contribution < 1.29 is 0 Å². The number of nitrogens with zero attached hydrogens (tertiary/aromatic N) is 2. The average molecular weight is 352 g/mol. The van der Waals surface area contributed by atoms with E-state index < -0.39 is 0 Å². The minimum Gasteiger partial charge on any atom is -0.378 e. The molecule has 0 aromatic carbocycles. The van der Waals surface area contributed by atoms with Crippen LogP contribution in [0.25, 0.3) is 0 Å². The lowest BCUT2D eigenvalue weighted by molar-refractivity contribution is 0.659. The highest BCUT2D eigenvalue weighted by Crippen LogP contribution is 2.23. The fourth-order valence-corrected chi connectivity index (χ4v) is 3.15. The first-order valence-corrected chi connectivity index (χ1v) is 7.62. The second-order valence-corrected chi connectivity index (χ2v) is 6.48. The van der Waals surface area contributed by atoms with Crippen molar-refractivity contribution in [1.82, 2.24) is 9.78 Å². The maximum absolute atomic E-state index is 12.0. The van der Waals surface area contributed by atoms with Crippen molar-refractivity contribution >= 4 is 33.0 Å². The molecule has 0 aliphatic carbocycles. The third-order valence-electron chi connectivity index (χ3n) is 2.90. The number of aryl methyl sites for hydroxylation is 2. The summed E-state index contributed by atoms with van der Waals surface area (Å²) in [5.41, 5.74) is 1.73. The Labute approximate surface area is 130 Å². The molecular weight excluding hydrogens is 338 g/mol. The van der Waals surface area contributed by atoms with Gasteiger partial charge in [0.2, 0.25) is 0 Å². The highest BCUT2D eigenvalue weighted by atomic mass is 79.9. The zero-order valence-electron chi connectivity index (χ0n) is 11.2. The second-order valence-electron chi connectivity index (χ2n) is 4.34. The van der Waals surface area contributed by atoms with Gasteiger partial charge >= 0.3 is 0 Å². The van der Waals surface area contributed by atoms with Crippen LogP contribution in [0.1, 0.15) is 15.3 Å². The first-order chi connectivity index (χ1) is 9.52. The van der Waals surface area contributed by atoms with E-state index in [-0.39, 0.29) is 12.1 Å². The predicted molar refractivity (Wildman–Crippen MR) is 86.1 cm³/mol. The molecule has 2 aromatic rings. The van der Waals surface area contributed by atoms with Crippen LogP contribution in [0, 0.1) is 26.2 Å². The molecule has 0 bridgehead atoms. The van der Waals surface area contributed by atoms with Crippen LogP contribution in [-0.2, 0) is 13.1 Å². The van der Waals surface area contributed by atoms with Gasteiger partial charge in [-0.15, -0.1) is 17.8 Å². The molecule has 0 saturated carbocycles. The van der Waals surface area contributed by atoms with Gasteiger partial charge in [-0.05, 0) is 41.4 Å². The highest BCUT2D eigenvalue weighted by Gasteiger charge is 2.09. The van der Waals surface area contributed by atoms with Gasteiger partial charge in [0.25, 0.3) is 5.56 Å². The molecule has 0 saturated heterocycles. The van der Waals surface area contributed by atoms with Crippen molar-refractivity contribution in [3.63, 3.8) is 0 Å². The van der Waals surface area contributed by atoms with E-state index >= 15 is 0 Å². The van der Waals surface area contributed by atoms with Crippen molar-refractivity contribution in [2.75, 3.05) is 5.32 Å². The first kappa shape index (κ1) is 14.8. The van der Waals surface area contributed by atoms with Crippen LogP contribution in [0.5, 0.6) is 0 Å². The highest BCUT2D eigenvalue weighted by molar-refractivity contribution is 9.10. The van der Waals surface area contributed by atoms with E-state index in [1.54, 1.807) is 17.5 Å². The van der Waals surface area contributed by atoms with Gasteiger partial charge < -0.3 is 5.32 Å². The minimum absolute atomic E-state index is 0.168. The van der Waals surface area contributed by atoms with Crippen LogP contribution < -0.4 is 10.9 Å². The molecule has 104 valence electrons. The van der Waals surface area contributed by atoms with E-state index in [9.17, 15) is 4.79 Å². The van der Waals surface area contributed by atoms with Crippen molar-refractivity contribution in [1.29, 1.82) is 0 Å². The number of thiophene rings is 1. The summed E-state index contributed by atoms with van der Waals surface area (Å²) in [4.78, 5) is 14.5. The molecule has 2 rings (SSSR count). The topological polar surface area (TPSA) is 46.9 Å². The third-order valence-corrected chi connectivity index (χ3v) is 4.81. The van der Waals surface area contributed by atoms with Crippen molar-refractivity contribution in [3.05, 3.63) is 42.4 Å². The molecule has 0 aliphatic rings. The molecule has 0 amide bonds. The Morgan fingerprint density at radius 1 is 1.55 bits per heavy atom. The minimum atomic E-state index is -0.230. The lowest BCUT2D eigenvalue weighted by Crippen LogP contribution is -2.24. The molecular formula is C14H14BrN3OS. The summed E-state index contributed by atoms with van der Waals surface area (Å²) in [6, 6.07) is 2.15. The monoisotopic (exact) mass is 351 g/mol. The number of nitrogens with one attached hydrogen (secondary N) is 1. The van der Waals surface area contributed by atoms with Crippen LogP contribution >= 0.6 is 27.3 Å². The van der Waals surface area contributed by atoms with Gasteiger partial charge in [0.05, 0.1) is 11.9 Å². The molecule has 0 fully saturated rings. The molecule has 0 atom stereocenters. The van der Waals surface area contributed by atoms with E-state index in [4.69, 9.17) is 6.42 Å². The average Bonchev–Trinajstić information content (AvgIpc) is 2.74.